The number of carbonyl (C=O) groups excluding carboxylic acids is 1. The van der Waals surface area contributed by atoms with E-state index in [9.17, 15) is 4.79 Å². The Morgan fingerprint density at radius 3 is 2.83 bits per heavy atom. The summed E-state index contributed by atoms with van der Waals surface area (Å²) in [6.45, 7) is 3.19. The van der Waals surface area contributed by atoms with E-state index in [4.69, 9.17) is 4.74 Å². The third kappa shape index (κ3) is 1.85. The smallest absolute Gasteiger partial charge is 0.221 e. The van der Waals surface area contributed by atoms with E-state index in [0.29, 0.717) is 0 Å². The fourth-order valence-electron chi connectivity index (χ4n) is 2.95. The second kappa shape index (κ2) is 4.25. The number of ether oxygens (including phenoxy) is 1. The molecule has 1 aliphatic heterocycles. The summed E-state index contributed by atoms with van der Waals surface area (Å²) in [6, 6.07) is 6.19. The number of rotatable bonds is 1. The zero-order valence-corrected chi connectivity index (χ0v) is 10.5. The molecule has 1 aliphatic carbocycles. The average molecular weight is 243 g/mol. The summed E-state index contributed by atoms with van der Waals surface area (Å²) >= 11 is 0. The number of fused-ring (bicyclic) bond motifs is 2. The van der Waals surface area contributed by atoms with E-state index < -0.39 is 0 Å². The Morgan fingerprint density at radius 2 is 2.11 bits per heavy atom. The van der Waals surface area contributed by atoms with Crippen molar-refractivity contribution in [3.8, 4) is 0 Å². The molecule has 1 fully saturated rings. The highest BCUT2D eigenvalue weighted by molar-refractivity contribution is 5.89. The van der Waals surface area contributed by atoms with Gasteiger partial charge in [-0.05, 0) is 36.1 Å². The molecule has 18 heavy (non-hydrogen) atoms. The maximum Gasteiger partial charge on any atom is 0.221 e. The van der Waals surface area contributed by atoms with E-state index in [1.165, 1.54) is 18.1 Å². The van der Waals surface area contributed by atoms with Gasteiger partial charge in [-0.25, -0.2) is 0 Å². The van der Waals surface area contributed by atoms with Gasteiger partial charge in [0.05, 0.1) is 0 Å². The monoisotopic (exact) mass is 243 g/mol. The van der Waals surface area contributed by atoms with Gasteiger partial charge in [-0.2, -0.15) is 0 Å². The molecule has 0 aromatic heterocycles. The van der Waals surface area contributed by atoms with Crippen LogP contribution in [0.25, 0.3) is 6.08 Å². The number of benzene rings is 1. The van der Waals surface area contributed by atoms with Gasteiger partial charge < -0.3 is 10.1 Å². The normalized spacial score (nSPS) is 19.8. The van der Waals surface area contributed by atoms with Crippen molar-refractivity contribution in [1.29, 1.82) is 0 Å². The summed E-state index contributed by atoms with van der Waals surface area (Å²) in [5.41, 5.74) is 3.64. The first-order chi connectivity index (χ1) is 8.70. The molecule has 1 N–H and O–H groups in total. The van der Waals surface area contributed by atoms with Crippen LogP contribution in [0.1, 0.15) is 30.9 Å². The molecule has 0 radical (unpaired) electrons. The van der Waals surface area contributed by atoms with E-state index in [0.717, 1.165) is 31.7 Å². The highest BCUT2D eigenvalue weighted by Gasteiger charge is 2.36. The topological polar surface area (TPSA) is 38.3 Å². The lowest BCUT2D eigenvalue weighted by Crippen LogP contribution is -2.30. The van der Waals surface area contributed by atoms with Gasteiger partial charge in [0.25, 0.3) is 0 Å². The first-order valence-corrected chi connectivity index (χ1v) is 6.39. The molecule has 0 atom stereocenters. The largest absolute Gasteiger partial charge is 0.381 e. The van der Waals surface area contributed by atoms with Gasteiger partial charge in [0.2, 0.25) is 5.91 Å². The van der Waals surface area contributed by atoms with E-state index in [1.54, 1.807) is 0 Å². The number of allylic oxidation sites excluding steroid dienone is 1. The molecule has 1 saturated heterocycles. The Morgan fingerprint density at radius 1 is 1.33 bits per heavy atom. The number of hydrogen-bond acceptors (Lipinski definition) is 2. The minimum atomic E-state index is -0.0299. The van der Waals surface area contributed by atoms with E-state index in [2.05, 4.69) is 29.6 Å². The van der Waals surface area contributed by atoms with Crippen LogP contribution >= 0.6 is 0 Å². The molecular formula is C15H17NO2. The summed E-state index contributed by atoms with van der Waals surface area (Å²) in [7, 11) is 0. The van der Waals surface area contributed by atoms with Crippen molar-refractivity contribution in [3.05, 3.63) is 35.4 Å². The first kappa shape index (κ1) is 11.5. The fraction of sp³-hybridized carbons (Fsp3) is 0.400. The van der Waals surface area contributed by atoms with Crippen molar-refractivity contribution >= 4 is 17.7 Å². The van der Waals surface area contributed by atoms with Crippen molar-refractivity contribution in [2.45, 2.75) is 25.2 Å². The zero-order chi connectivity index (χ0) is 12.6. The SMILES string of the molecule is CC(=O)Nc1ccc2c(c1)C=CC21CCOCC1. The Hall–Kier alpha value is -1.61. The number of amides is 1. The fourth-order valence-corrected chi connectivity index (χ4v) is 2.95. The van der Waals surface area contributed by atoms with Crippen LogP contribution in [-0.2, 0) is 14.9 Å². The number of anilines is 1. The van der Waals surface area contributed by atoms with Gasteiger partial charge >= 0.3 is 0 Å². The van der Waals surface area contributed by atoms with E-state index >= 15 is 0 Å². The highest BCUT2D eigenvalue weighted by atomic mass is 16.5. The minimum Gasteiger partial charge on any atom is -0.381 e. The molecule has 94 valence electrons. The minimum absolute atomic E-state index is 0.0299. The predicted octanol–water partition coefficient (Wildman–Crippen LogP) is 2.72. The molecule has 1 aromatic rings. The van der Waals surface area contributed by atoms with Gasteiger partial charge in [0, 0.05) is 31.2 Å². The van der Waals surface area contributed by atoms with Crippen LogP contribution < -0.4 is 5.32 Å². The van der Waals surface area contributed by atoms with Gasteiger partial charge in [0.15, 0.2) is 0 Å². The standard InChI is InChI=1S/C15H17NO2/c1-11(17)16-13-2-3-14-12(10-13)4-5-15(14)6-8-18-9-7-15/h2-5,10H,6-9H2,1H3,(H,16,17). The summed E-state index contributed by atoms with van der Waals surface area (Å²) < 4.78 is 5.46. The quantitative estimate of drug-likeness (QED) is 0.823. The Bertz CT molecular complexity index is 513. The van der Waals surface area contributed by atoms with Gasteiger partial charge in [-0.15, -0.1) is 0 Å². The highest BCUT2D eigenvalue weighted by Crippen LogP contribution is 2.43. The second-order valence-electron chi connectivity index (χ2n) is 5.09. The molecule has 0 bridgehead atoms. The maximum atomic E-state index is 11.1. The molecule has 1 spiro atoms. The van der Waals surface area contributed by atoms with Crippen molar-refractivity contribution in [2.24, 2.45) is 0 Å². The number of carbonyl (C=O) groups is 1. The van der Waals surface area contributed by atoms with Crippen LogP contribution in [-0.4, -0.2) is 19.1 Å². The van der Waals surface area contributed by atoms with Crippen LogP contribution in [0.15, 0.2) is 24.3 Å². The lowest BCUT2D eigenvalue weighted by molar-refractivity contribution is -0.114. The van der Waals surface area contributed by atoms with Gasteiger partial charge in [0.1, 0.15) is 0 Å². The zero-order valence-electron chi connectivity index (χ0n) is 10.5. The van der Waals surface area contributed by atoms with Crippen molar-refractivity contribution in [2.75, 3.05) is 18.5 Å². The van der Waals surface area contributed by atoms with Crippen LogP contribution in [0, 0.1) is 0 Å². The molecule has 1 heterocycles. The molecule has 3 rings (SSSR count). The van der Waals surface area contributed by atoms with Gasteiger partial charge in [-0.3, -0.25) is 4.79 Å². The molecule has 0 saturated carbocycles. The summed E-state index contributed by atoms with van der Waals surface area (Å²) in [5, 5.41) is 2.83. The number of hydrogen-bond donors (Lipinski definition) is 1. The molecule has 2 aliphatic rings. The third-order valence-electron chi connectivity index (χ3n) is 3.88. The van der Waals surface area contributed by atoms with Gasteiger partial charge in [-0.1, -0.05) is 18.2 Å². The summed E-state index contributed by atoms with van der Waals surface area (Å²) in [4.78, 5) is 11.1. The summed E-state index contributed by atoms with van der Waals surface area (Å²) in [6.07, 6.45) is 6.58. The molecular weight excluding hydrogens is 226 g/mol. The van der Waals surface area contributed by atoms with Crippen molar-refractivity contribution < 1.29 is 9.53 Å². The molecule has 3 heteroatoms. The van der Waals surface area contributed by atoms with Crippen LogP contribution in [0.4, 0.5) is 5.69 Å². The van der Waals surface area contributed by atoms with Crippen LogP contribution in [0.5, 0.6) is 0 Å². The van der Waals surface area contributed by atoms with Crippen LogP contribution in [0.3, 0.4) is 0 Å². The molecule has 1 amide bonds. The van der Waals surface area contributed by atoms with Crippen molar-refractivity contribution in [1.82, 2.24) is 0 Å². The van der Waals surface area contributed by atoms with E-state index in [-0.39, 0.29) is 11.3 Å². The lowest BCUT2D eigenvalue weighted by atomic mass is 9.76. The maximum absolute atomic E-state index is 11.1. The first-order valence-electron chi connectivity index (χ1n) is 6.39. The van der Waals surface area contributed by atoms with Crippen LogP contribution in [0.2, 0.25) is 0 Å². The number of nitrogens with one attached hydrogen (secondary N) is 1. The molecule has 3 nitrogen and oxygen atoms in total. The van der Waals surface area contributed by atoms with Crippen molar-refractivity contribution in [3.63, 3.8) is 0 Å². The predicted molar refractivity (Wildman–Crippen MR) is 71.5 cm³/mol. The Labute approximate surface area is 107 Å². The second-order valence-corrected chi connectivity index (χ2v) is 5.09. The molecule has 0 unspecified atom stereocenters. The lowest BCUT2D eigenvalue weighted by Gasteiger charge is -2.33. The summed E-state index contributed by atoms with van der Waals surface area (Å²) in [5.74, 6) is -0.0299. The molecule has 1 aromatic carbocycles. The third-order valence-corrected chi connectivity index (χ3v) is 3.88. The Kier molecular flexibility index (Phi) is 2.71. The van der Waals surface area contributed by atoms with E-state index in [1.807, 2.05) is 6.07 Å². The average Bonchev–Trinajstić information content (AvgIpc) is 2.68. The Balaban J connectivity index is 1.93.